The van der Waals surface area contributed by atoms with Crippen LogP contribution in [0.4, 0.5) is 0 Å². The molecule has 2 unspecified atom stereocenters. The van der Waals surface area contributed by atoms with E-state index in [1.54, 1.807) is 0 Å². The molecule has 21 heavy (non-hydrogen) atoms. The molecule has 0 bridgehead atoms. The number of hydrogen-bond donors (Lipinski definition) is 1. The Labute approximate surface area is 124 Å². The lowest BCUT2D eigenvalue weighted by molar-refractivity contribution is 0.0909. The zero-order valence-corrected chi connectivity index (χ0v) is 12.1. The smallest absolute Gasteiger partial charge is 0.171 e. The lowest BCUT2D eigenvalue weighted by atomic mass is 9.88. The van der Waals surface area contributed by atoms with Gasteiger partial charge in [0.15, 0.2) is 5.78 Å². The average molecular weight is 281 g/mol. The molecule has 0 aliphatic carbocycles. The van der Waals surface area contributed by atoms with Crippen molar-refractivity contribution in [2.75, 3.05) is 6.61 Å². The van der Waals surface area contributed by atoms with Crippen molar-refractivity contribution in [3.05, 3.63) is 65.2 Å². The van der Waals surface area contributed by atoms with Gasteiger partial charge >= 0.3 is 0 Å². The Kier molecular flexibility index (Phi) is 3.76. The monoisotopic (exact) mass is 281 g/mol. The quantitative estimate of drug-likeness (QED) is 0.876. The van der Waals surface area contributed by atoms with Gasteiger partial charge in [0, 0.05) is 18.4 Å². The normalized spacial score (nSPS) is 15.9. The number of benzene rings is 2. The summed E-state index contributed by atoms with van der Waals surface area (Å²) in [5, 5.41) is 0. The summed E-state index contributed by atoms with van der Waals surface area (Å²) in [4.78, 5) is 12.8. The molecule has 3 rings (SSSR count). The summed E-state index contributed by atoms with van der Waals surface area (Å²) in [6.07, 6.45) is 0.871. The van der Waals surface area contributed by atoms with Crippen molar-refractivity contribution in [2.45, 2.75) is 19.4 Å². The molecule has 1 aliphatic heterocycles. The molecular weight excluding hydrogens is 262 g/mol. The maximum atomic E-state index is 12.8. The molecule has 2 aromatic carbocycles. The molecule has 108 valence electrons. The van der Waals surface area contributed by atoms with Crippen LogP contribution in [0.25, 0.3) is 0 Å². The Morgan fingerprint density at radius 1 is 1.14 bits per heavy atom. The zero-order chi connectivity index (χ0) is 14.8. The molecule has 0 spiro atoms. The molecule has 1 aliphatic rings. The predicted molar refractivity (Wildman–Crippen MR) is 82.5 cm³/mol. The van der Waals surface area contributed by atoms with Crippen molar-refractivity contribution in [1.82, 2.24) is 0 Å². The molecule has 0 radical (unpaired) electrons. The minimum Gasteiger partial charge on any atom is -0.492 e. The molecule has 2 atom stereocenters. The van der Waals surface area contributed by atoms with Crippen LogP contribution in [0.3, 0.4) is 0 Å². The number of ketones is 1. The van der Waals surface area contributed by atoms with E-state index in [9.17, 15) is 4.79 Å². The van der Waals surface area contributed by atoms with Crippen LogP contribution in [0.2, 0.25) is 0 Å². The van der Waals surface area contributed by atoms with Crippen LogP contribution in [0.5, 0.6) is 5.75 Å². The number of ether oxygens (including phenoxy) is 1. The summed E-state index contributed by atoms with van der Waals surface area (Å²) in [5.41, 5.74) is 9.01. The molecule has 1 heterocycles. The number of nitrogens with two attached hydrogens (primary N) is 1. The SMILES string of the molecule is CC(C(=O)c1cccc2c1OCC2)C(N)c1ccccc1. The van der Waals surface area contributed by atoms with Crippen molar-refractivity contribution in [2.24, 2.45) is 11.7 Å². The largest absolute Gasteiger partial charge is 0.492 e. The highest BCUT2D eigenvalue weighted by atomic mass is 16.5. The minimum absolute atomic E-state index is 0.0464. The van der Waals surface area contributed by atoms with Gasteiger partial charge in [-0.3, -0.25) is 4.79 Å². The van der Waals surface area contributed by atoms with Crippen molar-refractivity contribution >= 4 is 5.78 Å². The van der Waals surface area contributed by atoms with E-state index in [1.165, 1.54) is 0 Å². The number of carbonyl (C=O) groups excluding carboxylic acids is 1. The van der Waals surface area contributed by atoms with Gasteiger partial charge in [0.1, 0.15) is 5.75 Å². The summed E-state index contributed by atoms with van der Waals surface area (Å²) in [7, 11) is 0. The second kappa shape index (κ2) is 5.70. The zero-order valence-electron chi connectivity index (χ0n) is 12.1. The Balaban J connectivity index is 1.87. The highest BCUT2D eigenvalue weighted by Gasteiger charge is 2.27. The molecule has 3 nitrogen and oxygen atoms in total. The average Bonchev–Trinajstić information content (AvgIpc) is 3.02. The third-order valence-electron chi connectivity index (χ3n) is 4.12. The summed E-state index contributed by atoms with van der Waals surface area (Å²) >= 11 is 0. The number of fused-ring (bicyclic) bond motifs is 1. The second-order valence-corrected chi connectivity index (χ2v) is 5.48. The molecule has 0 amide bonds. The lowest BCUT2D eigenvalue weighted by Crippen LogP contribution is -2.26. The van der Waals surface area contributed by atoms with Crippen LogP contribution in [-0.4, -0.2) is 12.4 Å². The van der Waals surface area contributed by atoms with Gasteiger partial charge in [0.25, 0.3) is 0 Å². The van der Waals surface area contributed by atoms with Crippen molar-refractivity contribution < 1.29 is 9.53 Å². The topological polar surface area (TPSA) is 52.3 Å². The summed E-state index contributed by atoms with van der Waals surface area (Å²) < 4.78 is 5.62. The van der Waals surface area contributed by atoms with Crippen LogP contribution in [-0.2, 0) is 6.42 Å². The number of rotatable bonds is 4. The number of carbonyl (C=O) groups is 1. The van der Waals surface area contributed by atoms with Crippen molar-refractivity contribution in [3.8, 4) is 5.75 Å². The van der Waals surface area contributed by atoms with Crippen LogP contribution in [0.1, 0.15) is 34.5 Å². The van der Waals surface area contributed by atoms with Gasteiger partial charge < -0.3 is 10.5 Å². The van der Waals surface area contributed by atoms with Gasteiger partial charge in [-0.2, -0.15) is 0 Å². The maximum absolute atomic E-state index is 12.8. The Morgan fingerprint density at radius 2 is 1.90 bits per heavy atom. The third kappa shape index (κ3) is 2.57. The standard InChI is InChI=1S/C18H19NO2/c1-12(16(19)13-6-3-2-4-7-13)17(20)15-9-5-8-14-10-11-21-18(14)15/h2-9,12,16H,10-11,19H2,1H3. The van der Waals surface area contributed by atoms with Gasteiger partial charge in [-0.05, 0) is 17.2 Å². The first-order chi connectivity index (χ1) is 10.2. The minimum atomic E-state index is -0.309. The van der Waals surface area contributed by atoms with E-state index in [2.05, 4.69) is 0 Å². The molecule has 0 saturated heterocycles. The molecule has 0 fully saturated rings. The second-order valence-electron chi connectivity index (χ2n) is 5.48. The van der Waals surface area contributed by atoms with Crippen LogP contribution in [0.15, 0.2) is 48.5 Å². The molecule has 3 heteroatoms. The van der Waals surface area contributed by atoms with Gasteiger partial charge in [-0.1, -0.05) is 49.4 Å². The van der Waals surface area contributed by atoms with E-state index < -0.39 is 0 Å². The third-order valence-corrected chi connectivity index (χ3v) is 4.12. The summed E-state index contributed by atoms with van der Waals surface area (Å²) in [6.45, 7) is 2.53. The van der Waals surface area contributed by atoms with Gasteiger partial charge in [0.2, 0.25) is 0 Å². The van der Waals surface area contributed by atoms with E-state index in [-0.39, 0.29) is 17.7 Å². The maximum Gasteiger partial charge on any atom is 0.171 e. The van der Waals surface area contributed by atoms with Crippen LogP contribution >= 0.6 is 0 Å². The van der Waals surface area contributed by atoms with E-state index >= 15 is 0 Å². The molecular formula is C18H19NO2. The Hall–Kier alpha value is -2.13. The number of Topliss-reactive ketones (excluding diaryl/α,β-unsaturated/α-hetero) is 1. The van der Waals surface area contributed by atoms with Gasteiger partial charge in [-0.15, -0.1) is 0 Å². The van der Waals surface area contributed by atoms with E-state index in [4.69, 9.17) is 10.5 Å². The molecule has 2 aromatic rings. The van der Waals surface area contributed by atoms with E-state index in [0.717, 1.165) is 23.3 Å². The van der Waals surface area contributed by atoms with Crippen LogP contribution < -0.4 is 10.5 Å². The first-order valence-electron chi connectivity index (χ1n) is 7.28. The predicted octanol–water partition coefficient (Wildman–Crippen LogP) is 3.14. The lowest BCUT2D eigenvalue weighted by Gasteiger charge is -2.20. The Bertz CT molecular complexity index is 652. The van der Waals surface area contributed by atoms with Crippen molar-refractivity contribution in [3.63, 3.8) is 0 Å². The highest BCUT2D eigenvalue weighted by molar-refractivity contribution is 6.01. The van der Waals surface area contributed by atoms with E-state index in [0.29, 0.717) is 12.2 Å². The van der Waals surface area contributed by atoms with Crippen LogP contribution in [0, 0.1) is 5.92 Å². The molecule has 0 saturated carbocycles. The van der Waals surface area contributed by atoms with Crippen molar-refractivity contribution in [1.29, 1.82) is 0 Å². The summed E-state index contributed by atoms with van der Waals surface area (Å²) in [6, 6.07) is 15.2. The van der Waals surface area contributed by atoms with E-state index in [1.807, 2.05) is 55.5 Å². The van der Waals surface area contributed by atoms with Gasteiger partial charge in [-0.25, -0.2) is 0 Å². The Morgan fingerprint density at radius 3 is 2.67 bits per heavy atom. The molecule has 2 N–H and O–H groups in total. The fourth-order valence-corrected chi connectivity index (χ4v) is 2.78. The highest BCUT2D eigenvalue weighted by Crippen LogP contribution is 2.33. The first-order valence-corrected chi connectivity index (χ1v) is 7.28. The number of hydrogen-bond acceptors (Lipinski definition) is 3. The fraction of sp³-hybridized carbons (Fsp3) is 0.278. The fourth-order valence-electron chi connectivity index (χ4n) is 2.78. The molecule has 0 aromatic heterocycles. The first kappa shape index (κ1) is 13.8. The number of para-hydroxylation sites is 1. The summed E-state index contributed by atoms with van der Waals surface area (Å²) in [5.74, 6) is 0.503. The van der Waals surface area contributed by atoms with Gasteiger partial charge in [0.05, 0.1) is 12.2 Å².